The van der Waals surface area contributed by atoms with E-state index in [0.717, 1.165) is 12.1 Å². The zero-order chi connectivity index (χ0) is 25.5. The van der Waals surface area contributed by atoms with Crippen molar-refractivity contribution in [3.63, 3.8) is 0 Å². The van der Waals surface area contributed by atoms with Gasteiger partial charge in [0.05, 0.1) is 28.5 Å². The first-order valence-electron chi connectivity index (χ1n) is 10.4. The lowest BCUT2D eigenvalue weighted by Crippen LogP contribution is -2.20. The van der Waals surface area contributed by atoms with Crippen molar-refractivity contribution in [2.45, 2.75) is 20.0 Å². The molecule has 0 aliphatic carbocycles. The Hall–Kier alpha value is -4.25. The van der Waals surface area contributed by atoms with E-state index in [2.05, 4.69) is 15.4 Å². The van der Waals surface area contributed by atoms with Gasteiger partial charge >= 0.3 is 6.18 Å². The van der Waals surface area contributed by atoms with Gasteiger partial charge in [-0.25, -0.2) is 5.48 Å². The zero-order valence-electron chi connectivity index (χ0n) is 18.9. The maximum absolute atomic E-state index is 13.5. The maximum Gasteiger partial charge on any atom is 0.416 e. The van der Waals surface area contributed by atoms with Gasteiger partial charge in [0, 0.05) is 35.4 Å². The molecule has 4 aromatic rings. The Kier molecular flexibility index (Phi) is 6.03. The van der Waals surface area contributed by atoms with Gasteiger partial charge in [0.1, 0.15) is 0 Å². The second-order valence-corrected chi connectivity index (χ2v) is 8.08. The minimum Gasteiger partial charge on any atom is -0.322 e. The molecule has 0 bridgehead atoms. The lowest BCUT2D eigenvalue weighted by molar-refractivity contribution is -0.137. The topological polar surface area (TPSA) is 109 Å². The van der Waals surface area contributed by atoms with E-state index in [4.69, 9.17) is 5.21 Å². The summed E-state index contributed by atoms with van der Waals surface area (Å²) in [5, 5.41) is 16.1. The summed E-state index contributed by atoms with van der Waals surface area (Å²) < 4.78 is 42.1. The van der Waals surface area contributed by atoms with Crippen LogP contribution in [0.3, 0.4) is 0 Å². The molecule has 0 aliphatic heterocycles. The highest BCUT2D eigenvalue weighted by atomic mass is 19.4. The number of fused-ring (bicyclic) bond motifs is 1. The normalized spacial score (nSPS) is 11.5. The Balaban J connectivity index is 1.74. The van der Waals surface area contributed by atoms with Crippen molar-refractivity contribution < 1.29 is 28.0 Å². The molecule has 2 amide bonds. The summed E-state index contributed by atoms with van der Waals surface area (Å²) in [6.07, 6.45) is -1.68. The van der Waals surface area contributed by atoms with Crippen LogP contribution in [-0.4, -0.2) is 31.8 Å². The Bertz CT molecular complexity index is 1480. The van der Waals surface area contributed by atoms with E-state index in [1.165, 1.54) is 23.0 Å². The van der Waals surface area contributed by atoms with E-state index in [1.54, 1.807) is 44.7 Å². The number of nitrogens with zero attached hydrogens (tertiary/aromatic N) is 3. The van der Waals surface area contributed by atoms with Gasteiger partial charge < -0.3 is 5.32 Å². The number of hydrogen-bond acceptors (Lipinski definition) is 5. The van der Waals surface area contributed by atoms with Crippen LogP contribution < -0.4 is 10.8 Å². The molecule has 3 N–H and O–H groups in total. The molecule has 4 rings (SSSR count). The van der Waals surface area contributed by atoms with Crippen LogP contribution in [0.2, 0.25) is 0 Å². The molecule has 2 aromatic carbocycles. The molecule has 0 spiro atoms. The van der Waals surface area contributed by atoms with Gasteiger partial charge in [0.2, 0.25) is 0 Å². The largest absolute Gasteiger partial charge is 0.416 e. The molecule has 0 fully saturated rings. The van der Waals surface area contributed by atoms with E-state index >= 15 is 0 Å². The summed E-state index contributed by atoms with van der Waals surface area (Å²) in [5.74, 6) is -1.48. The van der Waals surface area contributed by atoms with Crippen molar-refractivity contribution in [3.8, 4) is 11.1 Å². The monoisotopic (exact) mass is 483 g/mol. The van der Waals surface area contributed by atoms with Gasteiger partial charge in [-0.1, -0.05) is 0 Å². The van der Waals surface area contributed by atoms with Crippen molar-refractivity contribution in [3.05, 3.63) is 76.7 Å². The van der Waals surface area contributed by atoms with Crippen LogP contribution in [0.5, 0.6) is 0 Å². The lowest BCUT2D eigenvalue weighted by atomic mass is 10.0. The number of nitrogens with one attached hydrogen (secondary N) is 2. The number of hydroxylamine groups is 1. The smallest absolute Gasteiger partial charge is 0.322 e. The van der Waals surface area contributed by atoms with E-state index in [-0.39, 0.29) is 16.7 Å². The number of alkyl halides is 3. The average Bonchev–Trinajstić information content (AvgIpc) is 3.24. The summed E-state index contributed by atoms with van der Waals surface area (Å²) in [6.45, 7) is 3.37. The first kappa shape index (κ1) is 23.9. The summed E-state index contributed by atoms with van der Waals surface area (Å²) in [6, 6.07) is 7.82. The van der Waals surface area contributed by atoms with Gasteiger partial charge in [-0.2, -0.15) is 18.3 Å². The number of aromatic nitrogens is 3. The van der Waals surface area contributed by atoms with Gasteiger partial charge in [0.15, 0.2) is 0 Å². The molecule has 0 atom stereocenters. The third-order valence-electron chi connectivity index (χ3n) is 5.46. The van der Waals surface area contributed by atoms with Crippen molar-refractivity contribution in [1.29, 1.82) is 0 Å². The third-order valence-corrected chi connectivity index (χ3v) is 5.46. The van der Waals surface area contributed by atoms with Crippen LogP contribution >= 0.6 is 0 Å². The van der Waals surface area contributed by atoms with E-state index in [0.29, 0.717) is 33.4 Å². The van der Waals surface area contributed by atoms with Crippen molar-refractivity contribution >= 4 is 28.4 Å². The second-order valence-electron chi connectivity index (χ2n) is 8.08. The van der Waals surface area contributed by atoms with E-state index < -0.39 is 23.6 Å². The number of amides is 2. The first-order valence-corrected chi connectivity index (χ1v) is 10.4. The fraction of sp³-hybridized carbons (Fsp3) is 0.167. The highest BCUT2D eigenvalue weighted by molar-refractivity contribution is 6.06. The molecule has 0 aliphatic rings. The molecule has 11 heteroatoms. The predicted octanol–water partition coefficient (Wildman–Crippen LogP) is 4.64. The molecule has 2 heterocycles. The molecular weight excluding hydrogens is 463 g/mol. The molecule has 0 radical (unpaired) electrons. The highest BCUT2D eigenvalue weighted by Gasteiger charge is 2.32. The molecular formula is C24H20F3N5O3. The van der Waals surface area contributed by atoms with E-state index in [9.17, 15) is 22.8 Å². The van der Waals surface area contributed by atoms with Gasteiger partial charge in [-0.15, -0.1) is 0 Å². The Labute approximate surface area is 197 Å². The van der Waals surface area contributed by atoms with Crippen LogP contribution in [0, 0.1) is 13.8 Å². The van der Waals surface area contributed by atoms with Crippen LogP contribution in [0.1, 0.15) is 37.5 Å². The molecule has 2 aromatic heterocycles. The number of pyridine rings is 1. The van der Waals surface area contributed by atoms with E-state index in [1.807, 2.05) is 0 Å². The van der Waals surface area contributed by atoms with Gasteiger partial charge in [-0.3, -0.25) is 24.5 Å². The summed E-state index contributed by atoms with van der Waals surface area (Å²) >= 11 is 0. The number of carbonyl (C=O) groups excluding carboxylic acids is 2. The average molecular weight is 483 g/mol. The van der Waals surface area contributed by atoms with Crippen LogP contribution in [0.4, 0.5) is 18.9 Å². The number of hydrogen-bond donors (Lipinski definition) is 3. The lowest BCUT2D eigenvalue weighted by Gasteiger charge is -2.13. The SMILES string of the molecule is Cc1nc2c(C)cc(NC(=O)c3cc(-c4cnn(C)c4)cc(C(F)(F)F)c3)cc2cc1C(=O)NO. The number of carbonyl (C=O) groups is 2. The quantitative estimate of drug-likeness (QED) is 0.289. The highest BCUT2D eigenvalue weighted by Crippen LogP contribution is 2.34. The molecule has 8 nitrogen and oxygen atoms in total. The molecule has 35 heavy (non-hydrogen) atoms. The fourth-order valence-corrected chi connectivity index (χ4v) is 3.78. The molecule has 0 saturated heterocycles. The van der Waals surface area contributed by atoms with Crippen LogP contribution in [0.15, 0.2) is 48.8 Å². The van der Waals surface area contributed by atoms with Crippen molar-refractivity contribution in [2.24, 2.45) is 7.05 Å². The van der Waals surface area contributed by atoms with Gasteiger partial charge in [0.25, 0.3) is 11.8 Å². The Morgan fingerprint density at radius 3 is 2.37 bits per heavy atom. The summed E-state index contributed by atoms with van der Waals surface area (Å²) in [4.78, 5) is 29.3. The number of halogens is 3. The third kappa shape index (κ3) is 4.85. The summed E-state index contributed by atoms with van der Waals surface area (Å²) in [5.41, 5.74) is 3.16. The molecule has 0 unspecified atom stereocenters. The minimum atomic E-state index is -4.65. The fourth-order valence-electron chi connectivity index (χ4n) is 3.78. The van der Waals surface area contributed by atoms with Crippen molar-refractivity contribution in [2.75, 3.05) is 5.32 Å². The second kappa shape index (κ2) is 8.84. The standard InChI is InChI=1S/C24H20F3N5O3/c1-12-4-19(8-15-9-20(23(34)31-35)13(2)29-21(12)15)30-22(33)16-5-14(17-10-28-32(3)11-17)6-18(7-16)24(25,26)27/h4-11,35H,1-3H3,(H,30,33)(H,31,34). The zero-order valence-corrected chi connectivity index (χ0v) is 18.9. The number of anilines is 1. The maximum atomic E-state index is 13.5. The number of aryl methyl sites for hydroxylation is 3. The molecule has 180 valence electrons. The Morgan fingerprint density at radius 1 is 1.00 bits per heavy atom. The minimum absolute atomic E-state index is 0.141. The van der Waals surface area contributed by atoms with Crippen LogP contribution in [-0.2, 0) is 13.2 Å². The molecule has 0 saturated carbocycles. The van der Waals surface area contributed by atoms with Crippen LogP contribution in [0.25, 0.3) is 22.0 Å². The Morgan fingerprint density at radius 2 is 1.74 bits per heavy atom. The first-order chi connectivity index (χ1) is 16.5. The summed E-state index contributed by atoms with van der Waals surface area (Å²) in [7, 11) is 1.64. The predicted molar refractivity (Wildman–Crippen MR) is 122 cm³/mol. The number of benzene rings is 2. The van der Waals surface area contributed by atoms with Crippen molar-refractivity contribution in [1.82, 2.24) is 20.2 Å². The number of rotatable bonds is 4. The van der Waals surface area contributed by atoms with Gasteiger partial charge in [-0.05, 0) is 61.4 Å².